The molecule has 0 aliphatic heterocycles. The van der Waals surface area contributed by atoms with Gasteiger partial charge in [0.05, 0.1) is 5.41 Å². The Bertz CT molecular complexity index is 245. The first-order chi connectivity index (χ1) is 6.79. The highest BCUT2D eigenvalue weighted by atomic mass is 16.6. The molecule has 0 heterocycles. The fraction of sp³-hybridized carbons (Fsp3) is 0.923. The molecule has 0 saturated heterocycles. The third-order valence-corrected chi connectivity index (χ3v) is 3.72. The van der Waals surface area contributed by atoms with Gasteiger partial charge in [-0.1, -0.05) is 13.8 Å². The minimum absolute atomic E-state index is 0.0402. The molecule has 1 aliphatic rings. The van der Waals surface area contributed by atoms with Crippen LogP contribution in [0.25, 0.3) is 0 Å². The van der Waals surface area contributed by atoms with Gasteiger partial charge in [-0.15, -0.1) is 0 Å². The van der Waals surface area contributed by atoms with Gasteiger partial charge in [-0.25, -0.2) is 0 Å². The van der Waals surface area contributed by atoms with Gasteiger partial charge in [-0.2, -0.15) is 0 Å². The van der Waals surface area contributed by atoms with Crippen molar-refractivity contribution in [2.75, 3.05) is 0 Å². The van der Waals surface area contributed by atoms with Gasteiger partial charge in [0.2, 0.25) is 0 Å². The minimum Gasteiger partial charge on any atom is -0.459 e. The van der Waals surface area contributed by atoms with Crippen molar-refractivity contribution in [2.24, 2.45) is 11.3 Å². The molecular formula is C13H24O2. The first-order valence-electron chi connectivity index (χ1n) is 6.02. The van der Waals surface area contributed by atoms with Gasteiger partial charge in [0, 0.05) is 0 Å². The summed E-state index contributed by atoms with van der Waals surface area (Å²) in [7, 11) is 0. The van der Waals surface area contributed by atoms with E-state index in [0.29, 0.717) is 5.92 Å². The molecule has 0 aromatic carbocycles. The highest BCUT2D eigenvalue weighted by Crippen LogP contribution is 2.38. The summed E-state index contributed by atoms with van der Waals surface area (Å²) in [6, 6.07) is 0. The van der Waals surface area contributed by atoms with Crippen molar-refractivity contribution in [1.82, 2.24) is 0 Å². The molecule has 1 saturated carbocycles. The minimum atomic E-state index is -0.338. The summed E-state index contributed by atoms with van der Waals surface area (Å²) in [5, 5.41) is 0. The topological polar surface area (TPSA) is 26.3 Å². The van der Waals surface area contributed by atoms with E-state index in [9.17, 15) is 4.79 Å². The van der Waals surface area contributed by atoms with Crippen LogP contribution in [0.15, 0.2) is 0 Å². The van der Waals surface area contributed by atoms with E-state index in [2.05, 4.69) is 13.8 Å². The molecule has 0 aromatic heterocycles. The normalized spacial score (nSPS) is 31.7. The number of esters is 1. The fourth-order valence-corrected chi connectivity index (χ4v) is 2.09. The molecule has 15 heavy (non-hydrogen) atoms. The van der Waals surface area contributed by atoms with Gasteiger partial charge in [-0.3, -0.25) is 4.79 Å². The summed E-state index contributed by atoms with van der Waals surface area (Å²) in [6.07, 6.45) is 4.03. The summed E-state index contributed by atoms with van der Waals surface area (Å²) >= 11 is 0. The molecule has 0 N–H and O–H groups in total. The SMILES string of the molecule is CCC(C)(C)C(=O)OC1(C)CCC(C)C1. The van der Waals surface area contributed by atoms with E-state index in [1.165, 1.54) is 6.42 Å². The molecule has 2 heteroatoms. The van der Waals surface area contributed by atoms with Crippen molar-refractivity contribution >= 4 is 5.97 Å². The second kappa shape index (κ2) is 4.15. The molecule has 1 fully saturated rings. The average Bonchev–Trinajstić information content (AvgIpc) is 2.46. The van der Waals surface area contributed by atoms with Crippen LogP contribution in [0.5, 0.6) is 0 Å². The Morgan fingerprint density at radius 2 is 2.13 bits per heavy atom. The number of hydrogen-bond donors (Lipinski definition) is 0. The lowest BCUT2D eigenvalue weighted by Gasteiger charge is -2.30. The molecule has 0 aromatic rings. The van der Waals surface area contributed by atoms with E-state index >= 15 is 0 Å². The summed E-state index contributed by atoms with van der Waals surface area (Å²) in [6.45, 7) is 10.2. The molecule has 88 valence electrons. The van der Waals surface area contributed by atoms with E-state index in [1.54, 1.807) is 0 Å². The van der Waals surface area contributed by atoms with Gasteiger partial charge in [0.1, 0.15) is 5.60 Å². The van der Waals surface area contributed by atoms with Crippen molar-refractivity contribution < 1.29 is 9.53 Å². The van der Waals surface area contributed by atoms with Crippen LogP contribution in [0.2, 0.25) is 0 Å². The standard InChI is InChI=1S/C13H24O2/c1-6-12(3,4)11(14)15-13(5)8-7-10(2)9-13/h10H,6-9H2,1-5H3. The summed E-state index contributed by atoms with van der Waals surface area (Å²) < 4.78 is 5.69. The van der Waals surface area contributed by atoms with Crippen LogP contribution >= 0.6 is 0 Å². The number of carbonyl (C=O) groups is 1. The third-order valence-electron chi connectivity index (χ3n) is 3.72. The predicted molar refractivity (Wildman–Crippen MR) is 61.6 cm³/mol. The molecule has 0 amide bonds. The van der Waals surface area contributed by atoms with E-state index in [0.717, 1.165) is 19.3 Å². The Kier molecular flexibility index (Phi) is 3.47. The van der Waals surface area contributed by atoms with Gasteiger partial charge in [-0.05, 0) is 52.4 Å². The maximum atomic E-state index is 11.9. The Labute approximate surface area is 93.4 Å². The smallest absolute Gasteiger partial charge is 0.312 e. The molecule has 2 atom stereocenters. The van der Waals surface area contributed by atoms with Gasteiger partial charge < -0.3 is 4.74 Å². The van der Waals surface area contributed by atoms with Crippen molar-refractivity contribution in [2.45, 2.75) is 65.9 Å². The van der Waals surface area contributed by atoms with E-state index in [1.807, 2.05) is 20.8 Å². The van der Waals surface area contributed by atoms with Crippen molar-refractivity contribution in [3.63, 3.8) is 0 Å². The van der Waals surface area contributed by atoms with Gasteiger partial charge in [0.25, 0.3) is 0 Å². The number of ether oxygens (including phenoxy) is 1. The molecule has 0 bridgehead atoms. The zero-order valence-electron chi connectivity index (χ0n) is 10.7. The van der Waals surface area contributed by atoms with Crippen LogP contribution in [-0.4, -0.2) is 11.6 Å². The van der Waals surface area contributed by atoms with Crippen LogP contribution in [-0.2, 0) is 9.53 Å². The van der Waals surface area contributed by atoms with Crippen LogP contribution in [0.4, 0.5) is 0 Å². The number of hydrogen-bond acceptors (Lipinski definition) is 2. The lowest BCUT2D eigenvalue weighted by molar-refractivity contribution is -0.168. The second-order valence-electron chi connectivity index (χ2n) is 5.92. The molecule has 0 radical (unpaired) electrons. The van der Waals surface area contributed by atoms with E-state index in [-0.39, 0.29) is 17.0 Å². The predicted octanol–water partition coefficient (Wildman–Crippen LogP) is 3.54. The average molecular weight is 212 g/mol. The highest BCUT2D eigenvalue weighted by Gasteiger charge is 2.39. The summed E-state index contributed by atoms with van der Waals surface area (Å²) in [5.74, 6) is 0.647. The van der Waals surface area contributed by atoms with Crippen LogP contribution in [0, 0.1) is 11.3 Å². The maximum Gasteiger partial charge on any atom is 0.312 e. The molecule has 2 nitrogen and oxygen atoms in total. The maximum absolute atomic E-state index is 11.9. The monoisotopic (exact) mass is 212 g/mol. The van der Waals surface area contributed by atoms with E-state index < -0.39 is 0 Å². The van der Waals surface area contributed by atoms with Crippen LogP contribution in [0.1, 0.15) is 60.3 Å². The Hall–Kier alpha value is -0.530. The largest absolute Gasteiger partial charge is 0.459 e. The summed E-state index contributed by atoms with van der Waals surface area (Å²) in [4.78, 5) is 11.9. The Balaban J connectivity index is 2.59. The molecule has 1 rings (SSSR count). The number of rotatable bonds is 3. The molecule has 1 aliphatic carbocycles. The van der Waals surface area contributed by atoms with Crippen molar-refractivity contribution in [3.8, 4) is 0 Å². The third kappa shape index (κ3) is 2.96. The zero-order valence-corrected chi connectivity index (χ0v) is 10.7. The first-order valence-corrected chi connectivity index (χ1v) is 6.02. The second-order valence-corrected chi connectivity index (χ2v) is 5.92. The number of carbonyl (C=O) groups excluding carboxylic acids is 1. The Morgan fingerprint density at radius 1 is 1.53 bits per heavy atom. The van der Waals surface area contributed by atoms with Crippen molar-refractivity contribution in [3.05, 3.63) is 0 Å². The lowest BCUT2D eigenvalue weighted by atomic mass is 9.90. The highest BCUT2D eigenvalue weighted by molar-refractivity contribution is 5.76. The first kappa shape index (κ1) is 12.5. The van der Waals surface area contributed by atoms with Gasteiger partial charge in [0.15, 0.2) is 0 Å². The van der Waals surface area contributed by atoms with E-state index in [4.69, 9.17) is 4.74 Å². The summed E-state index contributed by atoms with van der Waals surface area (Å²) in [5.41, 5.74) is -0.544. The quantitative estimate of drug-likeness (QED) is 0.669. The van der Waals surface area contributed by atoms with Crippen LogP contribution in [0.3, 0.4) is 0 Å². The zero-order chi connectivity index (χ0) is 11.7. The molecule has 2 unspecified atom stereocenters. The van der Waals surface area contributed by atoms with Crippen LogP contribution < -0.4 is 0 Å². The molecule has 0 spiro atoms. The van der Waals surface area contributed by atoms with Crippen molar-refractivity contribution in [1.29, 1.82) is 0 Å². The lowest BCUT2D eigenvalue weighted by Crippen LogP contribution is -2.35. The van der Waals surface area contributed by atoms with Gasteiger partial charge >= 0.3 is 5.97 Å². The molecular weight excluding hydrogens is 188 g/mol. The fourth-order valence-electron chi connectivity index (χ4n) is 2.09. The Morgan fingerprint density at radius 3 is 2.53 bits per heavy atom.